The molecule has 0 atom stereocenters. The van der Waals surface area contributed by atoms with Gasteiger partial charge in [-0.15, -0.1) is 11.3 Å². The molecule has 2 aromatic rings. The van der Waals surface area contributed by atoms with Gasteiger partial charge in [0, 0.05) is 30.2 Å². The van der Waals surface area contributed by atoms with Gasteiger partial charge in [0.05, 0.1) is 11.1 Å². The van der Waals surface area contributed by atoms with E-state index in [1.165, 1.54) is 23.3 Å². The highest BCUT2D eigenvalue weighted by atomic mass is 32.1. The standard InChI is InChI=1S/C14H17N3OS/c1-17(9-10-7-15-16-8-10)14(18)13-6-11-4-2-3-5-12(11)19-13/h6-8H,2-5,9H2,1H3,(H,15,16). The minimum atomic E-state index is 0.112. The van der Waals surface area contributed by atoms with Crippen LogP contribution in [0.4, 0.5) is 0 Å². The van der Waals surface area contributed by atoms with Crippen molar-refractivity contribution in [1.29, 1.82) is 0 Å². The van der Waals surface area contributed by atoms with Crippen LogP contribution in [0.2, 0.25) is 0 Å². The molecule has 0 radical (unpaired) electrons. The van der Waals surface area contributed by atoms with Crippen LogP contribution in [-0.2, 0) is 19.4 Å². The zero-order chi connectivity index (χ0) is 13.2. The maximum Gasteiger partial charge on any atom is 0.263 e. The van der Waals surface area contributed by atoms with Crippen LogP contribution >= 0.6 is 11.3 Å². The van der Waals surface area contributed by atoms with Gasteiger partial charge in [-0.2, -0.15) is 5.10 Å². The highest BCUT2D eigenvalue weighted by molar-refractivity contribution is 7.14. The molecule has 100 valence electrons. The molecule has 4 nitrogen and oxygen atoms in total. The Morgan fingerprint density at radius 3 is 3.05 bits per heavy atom. The van der Waals surface area contributed by atoms with Crippen LogP contribution in [0.3, 0.4) is 0 Å². The Morgan fingerprint density at radius 2 is 2.32 bits per heavy atom. The fourth-order valence-electron chi connectivity index (χ4n) is 2.49. The Hall–Kier alpha value is -1.62. The molecule has 0 aromatic carbocycles. The maximum absolute atomic E-state index is 12.4. The van der Waals surface area contributed by atoms with Crippen LogP contribution in [-0.4, -0.2) is 28.1 Å². The summed E-state index contributed by atoms with van der Waals surface area (Å²) in [5.74, 6) is 0.112. The van der Waals surface area contributed by atoms with Crippen molar-refractivity contribution < 1.29 is 4.79 Å². The van der Waals surface area contributed by atoms with Gasteiger partial charge >= 0.3 is 0 Å². The van der Waals surface area contributed by atoms with E-state index in [9.17, 15) is 4.79 Å². The monoisotopic (exact) mass is 275 g/mol. The molecule has 0 saturated carbocycles. The SMILES string of the molecule is CN(Cc1cn[nH]c1)C(=O)c1cc2c(s1)CCCC2. The fraction of sp³-hybridized carbons (Fsp3) is 0.429. The van der Waals surface area contributed by atoms with E-state index in [4.69, 9.17) is 0 Å². The van der Waals surface area contributed by atoms with Crippen molar-refractivity contribution in [2.45, 2.75) is 32.2 Å². The van der Waals surface area contributed by atoms with Gasteiger partial charge in [0.25, 0.3) is 5.91 Å². The molecule has 5 heteroatoms. The number of aromatic nitrogens is 2. The number of aryl methyl sites for hydroxylation is 2. The van der Waals surface area contributed by atoms with Gasteiger partial charge in [0.2, 0.25) is 0 Å². The summed E-state index contributed by atoms with van der Waals surface area (Å²) in [6.45, 7) is 0.595. The predicted molar refractivity (Wildman–Crippen MR) is 75.3 cm³/mol. The minimum absolute atomic E-state index is 0.112. The molecule has 0 unspecified atom stereocenters. The number of amides is 1. The summed E-state index contributed by atoms with van der Waals surface area (Å²) in [6, 6.07) is 2.09. The number of nitrogens with one attached hydrogen (secondary N) is 1. The van der Waals surface area contributed by atoms with Gasteiger partial charge in [-0.05, 0) is 37.3 Å². The number of carbonyl (C=O) groups is 1. The van der Waals surface area contributed by atoms with E-state index in [1.54, 1.807) is 22.4 Å². The predicted octanol–water partition coefficient (Wildman–Crippen LogP) is 2.62. The van der Waals surface area contributed by atoms with Crippen molar-refractivity contribution >= 4 is 17.2 Å². The molecule has 2 aromatic heterocycles. The summed E-state index contributed by atoms with van der Waals surface area (Å²) in [5, 5.41) is 6.67. The Bertz CT molecular complexity index is 550. The molecule has 1 amide bonds. The number of hydrogen-bond donors (Lipinski definition) is 1. The largest absolute Gasteiger partial charge is 0.337 e. The van der Waals surface area contributed by atoms with Crippen LogP contribution in [0.5, 0.6) is 0 Å². The second-order valence-electron chi connectivity index (χ2n) is 5.03. The van der Waals surface area contributed by atoms with E-state index in [-0.39, 0.29) is 5.91 Å². The zero-order valence-corrected chi connectivity index (χ0v) is 11.8. The fourth-order valence-corrected chi connectivity index (χ4v) is 3.74. The summed E-state index contributed by atoms with van der Waals surface area (Å²) < 4.78 is 0. The van der Waals surface area contributed by atoms with Crippen LogP contribution < -0.4 is 0 Å². The number of rotatable bonds is 3. The second-order valence-corrected chi connectivity index (χ2v) is 6.17. The number of aromatic amines is 1. The van der Waals surface area contributed by atoms with Crippen molar-refractivity contribution in [3.63, 3.8) is 0 Å². The topological polar surface area (TPSA) is 49.0 Å². The first-order valence-electron chi connectivity index (χ1n) is 6.59. The van der Waals surface area contributed by atoms with Gasteiger partial charge < -0.3 is 4.90 Å². The van der Waals surface area contributed by atoms with Crippen molar-refractivity contribution in [2.75, 3.05) is 7.05 Å². The van der Waals surface area contributed by atoms with Crippen molar-refractivity contribution in [1.82, 2.24) is 15.1 Å². The van der Waals surface area contributed by atoms with E-state index in [1.807, 2.05) is 13.2 Å². The van der Waals surface area contributed by atoms with Crippen LogP contribution in [0, 0.1) is 0 Å². The quantitative estimate of drug-likeness (QED) is 0.936. The molecule has 0 saturated heterocycles. The number of H-pyrrole nitrogens is 1. The number of hydrogen-bond acceptors (Lipinski definition) is 3. The molecule has 0 fully saturated rings. The molecule has 3 rings (SSSR count). The third-order valence-corrected chi connectivity index (χ3v) is 4.75. The highest BCUT2D eigenvalue weighted by Gasteiger charge is 2.19. The molecule has 0 spiro atoms. The number of thiophene rings is 1. The molecule has 1 aliphatic carbocycles. The zero-order valence-electron chi connectivity index (χ0n) is 11.0. The van der Waals surface area contributed by atoms with Gasteiger partial charge in [-0.1, -0.05) is 0 Å². The first kappa shape index (κ1) is 12.4. The summed E-state index contributed by atoms with van der Waals surface area (Å²) in [5.41, 5.74) is 2.41. The minimum Gasteiger partial charge on any atom is -0.337 e. The van der Waals surface area contributed by atoms with E-state index in [0.29, 0.717) is 6.54 Å². The van der Waals surface area contributed by atoms with E-state index in [2.05, 4.69) is 16.3 Å². The van der Waals surface area contributed by atoms with Gasteiger partial charge in [-0.3, -0.25) is 9.89 Å². The van der Waals surface area contributed by atoms with Crippen molar-refractivity contribution in [2.24, 2.45) is 0 Å². The van der Waals surface area contributed by atoms with Crippen LogP contribution in [0.25, 0.3) is 0 Å². The van der Waals surface area contributed by atoms with E-state index in [0.717, 1.165) is 23.3 Å². The Morgan fingerprint density at radius 1 is 1.47 bits per heavy atom. The molecular weight excluding hydrogens is 258 g/mol. The molecular formula is C14H17N3OS. The number of fused-ring (bicyclic) bond motifs is 1. The van der Waals surface area contributed by atoms with E-state index >= 15 is 0 Å². The third-order valence-electron chi connectivity index (χ3n) is 3.53. The second kappa shape index (κ2) is 5.17. The van der Waals surface area contributed by atoms with Crippen LogP contribution in [0.15, 0.2) is 18.5 Å². The average molecular weight is 275 g/mol. The maximum atomic E-state index is 12.4. The first-order chi connectivity index (χ1) is 9.24. The summed E-state index contributed by atoms with van der Waals surface area (Å²) in [7, 11) is 1.84. The molecule has 1 aliphatic rings. The highest BCUT2D eigenvalue weighted by Crippen LogP contribution is 2.30. The van der Waals surface area contributed by atoms with Crippen molar-refractivity contribution in [3.8, 4) is 0 Å². The van der Waals surface area contributed by atoms with E-state index < -0.39 is 0 Å². The lowest BCUT2D eigenvalue weighted by molar-refractivity contribution is 0.0790. The normalized spacial score (nSPS) is 14.2. The molecule has 1 N–H and O–H groups in total. The smallest absolute Gasteiger partial charge is 0.263 e. The lowest BCUT2D eigenvalue weighted by atomic mass is 9.99. The van der Waals surface area contributed by atoms with Crippen LogP contribution in [0.1, 0.15) is 38.5 Å². The number of nitrogens with zero attached hydrogens (tertiary/aromatic N) is 2. The molecule has 0 aliphatic heterocycles. The summed E-state index contributed by atoms with van der Waals surface area (Å²) in [4.78, 5) is 16.4. The summed E-state index contributed by atoms with van der Waals surface area (Å²) >= 11 is 1.67. The lowest BCUT2D eigenvalue weighted by Gasteiger charge is -2.14. The van der Waals surface area contributed by atoms with Gasteiger partial charge in [0.1, 0.15) is 0 Å². The average Bonchev–Trinajstić information content (AvgIpc) is 3.05. The molecule has 19 heavy (non-hydrogen) atoms. The molecule has 2 heterocycles. The van der Waals surface area contributed by atoms with Gasteiger partial charge in [-0.25, -0.2) is 0 Å². The summed E-state index contributed by atoms with van der Waals surface area (Å²) in [6.07, 6.45) is 8.35. The third kappa shape index (κ3) is 2.56. The van der Waals surface area contributed by atoms with Crippen molar-refractivity contribution in [3.05, 3.63) is 39.3 Å². The Balaban J connectivity index is 1.74. The number of carbonyl (C=O) groups excluding carboxylic acids is 1. The lowest BCUT2D eigenvalue weighted by Crippen LogP contribution is -2.25. The van der Waals surface area contributed by atoms with Gasteiger partial charge in [0.15, 0.2) is 0 Å². The molecule has 0 bridgehead atoms. The Kier molecular flexibility index (Phi) is 3.38. The first-order valence-corrected chi connectivity index (χ1v) is 7.40. The Labute approximate surface area is 116 Å².